The van der Waals surface area contributed by atoms with E-state index in [9.17, 15) is 9.59 Å². The van der Waals surface area contributed by atoms with Crippen molar-refractivity contribution in [1.29, 1.82) is 0 Å². The van der Waals surface area contributed by atoms with Crippen LogP contribution in [-0.4, -0.2) is 27.1 Å². The quantitative estimate of drug-likeness (QED) is 0.890. The Hall–Kier alpha value is -1.95. The van der Waals surface area contributed by atoms with Gasteiger partial charge in [0.25, 0.3) is 0 Å². The fraction of sp³-hybridized carbons (Fsp3) is 0.0833. The van der Waals surface area contributed by atoms with E-state index in [1.54, 1.807) is 12.1 Å². The van der Waals surface area contributed by atoms with Crippen LogP contribution in [0.4, 0.5) is 0 Å². The van der Waals surface area contributed by atoms with E-state index < -0.39 is 11.9 Å². The molecule has 2 rings (SSSR count). The summed E-state index contributed by atoms with van der Waals surface area (Å²) in [6, 6.07) is 4.35. The van der Waals surface area contributed by atoms with Crippen molar-refractivity contribution < 1.29 is 19.8 Å². The minimum absolute atomic E-state index is 0.0712. The lowest BCUT2D eigenvalue weighted by Gasteiger charge is -2.06. The van der Waals surface area contributed by atoms with Crippen LogP contribution in [0.1, 0.15) is 26.4 Å². The van der Waals surface area contributed by atoms with Crippen molar-refractivity contribution in [3.63, 3.8) is 0 Å². The molecule has 0 saturated carbocycles. The lowest BCUT2D eigenvalue weighted by molar-refractivity contribution is 0.0691. The zero-order valence-corrected chi connectivity index (χ0v) is 10.9. The van der Waals surface area contributed by atoms with E-state index in [2.05, 4.69) is 20.9 Å². The number of pyridine rings is 1. The van der Waals surface area contributed by atoms with Gasteiger partial charge in [-0.15, -0.1) is 0 Å². The smallest absolute Gasteiger partial charge is 0.354 e. The van der Waals surface area contributed by atoms with Gasteiger partial charge in [0.05, 0.1) is 11.1 Å². The number of carbonyl (C=O) groups is 2. The molecule has 5 nitrogen and oxygen atoms in total. The number of aryl methyl sites for hydroxylation is 1. The summed E-state index contributed by atoms with van der Waals surface area (Å²) < 4.78 is 0.752. The summed E-state index contributed by atoms with van der Waals surface area (Å²) >= 11 is 3.31. The van der Waals surface area contributed by atoms with Crippen LogP contribution in [-0.2, 0) is 0 Å². The van der Waals surface area contributed by atoms with Crippen molar-refractivity contribution >= 4 is 38.8 Å². The van der Waals surface area contributed by atoms with Crippen molar-refractivity contribution in [2.24, 2.45) is 0 Å². The molecule has 0 saturated heterocycles. The van der Waals surface area contributed by atoms with Gasteiger partial charge >= 0.3 is 11.9 Å². The largest absolute Gasteiger partial charge is 0.478 e. The molecule has 18 heavy (non-hydrogen) atoms. The number of aromatic carboxylic acids is 2. The van der Waals surface area contributed by atoms with Gasteiger partial charge < -0.3 is 10.2 Å². The number of nitrogens with zero attached hydrogens (tertiary/aromatic N) is 1. The summed E-state index contributed by atoms with van der Waals surface area (Å²) in [5.74, 6) is -2.43. The number of halogens is 1. The van der Waals surface area contributed by atoms with E-state index in [0.29, 0.717) is 10.9 Å². The monoisotopic (exact) mass is 309 g/mol. The molecule has 0 spiro atoms. The fourth-order valence-electron chi connectivity index (χ4n) is 1.64. The molecule has 0 atom stereocenters. The maximum absolute atomic E-state index is 11.1. The Morgan fingerprint density at radius 3 is 2.39 bits per heavy atom. The SMILES string of the molecule is Cc1cc2nc(C(=O)O)cc(C(=O)O)c2cc1Br. The number of benzene rings is 1. The van der Waals surface area contributed by atoms with Gasteiger partial charge in [0.15, 0.2) is 0 Å². The molecule has 1 aromatic carbocycles. The first-order valence-corrected chi connectivity index (χ1v) is 5.77. The molecule has 2 N–H and O–H groups in total. The third-order valence-electron chi connectivity index (χ3n) is 2.54. The normalized spacial score (nSPS) is 10.6. The van der Waals surface area contributed by atoms with Crippen LogP contribution >= 0.6 is 15.9 Å². The highest BCUT2D eigenvalue weighted by Crippen LogP contribution is 2.26. The maximum Gasteiger partial charge on any atom is 0.354 e. The van der Waals surface area contributed by atoms with Crippen LogP contribution in [0.15, 0.2) is 22.7 Å². The standard InChI is InChI=1S/C12H8BrNO4/c1-5-2-9-6(3-8(5)13)7(11(15)16)4-10(14-9)12(17)18/h2-4H,1H3,(H,15,16)(H,17,18). The highest BCUT2D eigenvalue weighted by atomic mass is 79.9. The number of hydrogen-bond donors (Lipinski definition) is 2. The third-order valence-corrected chi connectivity index (χ3v) is 3.39. The van der Waals surface area contributed by atoms with Gasteiger partial charge in [-0.3, -0.25) is 0 Å². The Labute approximate surface area is 110 Å². The highest BCUT2D eigenvalue weighted by Gasteiger charge is 2.16. The first kappa shape index (κ1) is 12.5. The lowest BCUT2D eigenvalue weighted by atomic mass is 10.1. The molecular weight excluding hydrogens is 302 g/mol. The van der Waals surface area contributed by atoms with Crippen molar-refractivity contribution in [1.82, 2.24) is 4.98 Å². The molecule has 1 heterocycles. The highest BCUT2D eigenvalue weighted by molar-refractivity contribution is 9.10. The predicted octanol–water partition coefficient (Wildman–Crippen LogP) is 2.70. The zero-order chi connectivity index (χ0) is 13.4. The molecule has 1 aromatic heterocycles. The average Bonchev–Trinajstić information content (AvgIpc) is 2.29. The number of fused-ring (bicyclic) bond motifs is 1. The molecule has 0 aliphatic carbocycles. The van der Waals surface area contributed by atoms with Gasteiger partial charge in [0.2, 0.25) is 0 Å². The van der Waals surface area contributed by atoms with E-state index in [1.807, 2.05) is 6.92 Å². The molecule has 0 bridgehead atoms. The van der Waals surface area contributed by atoms with Gasteiger partial charge in [-0.2, -0.15) is 0 Å². The van der Waals surface area contributed by atoms with Crippen LogP contribution in [0.2, 0.25) is 0 Å². The van der Waals surface area contributed by atoms with Crippen molar-refractivity contribution in [2.45, 2.75) is 6.92 Å². The fourth-order valence-corrected chi connectivity index (χ4v) is 1.98. The van der Waals surface area contributed by atoms with Gasteiger partial charge in [0, 0.05) is 9.86 Å². The summed E-state index contributed by atoms with van der Waals surface area (Å²) in [5.41, 5.74) is 0.863. The van der Waals surface area contributed by atoms with Crippen molar-refractivity contribution in [3.8, 4) is 0 Å². The van der Waals surface area contributed by atoms with Crippen LogP contribution in [0.3, 0.4) is 0 Å². The molecule has 0 unspecified atom stereocenters. The van der Waals surface area contributed by atoms with Crippen molar-refractivity contribution in [3.05, 3.63) is 39.5 Å². The third kappa shape index (κ3) is 2.06. The van der Waals surface area contributed by atoms with Gasteiger partial charge in [-0.25, -0.2) is 14.6 Å². The van der Waals surface area contributed by atoms with E-state index >= 15 is 0 Å². The Balaban J connectivity index is 2.89. The second-order valence-electron chi connectivity index (χ2n) is 3.78. The Morgan fingerprint density at radius 2 is 1.83 bits per heavy atom. The Bertz CT molecular complexity index is 681. The van der Waals surface area contributed by atoms with Crippen LogP contribution in [0, 0.1) is 6.92 Å². The summed E-state index contributed by atoms with van der Waals surface area (Å²) in [4.78, 5) is 26.0. The van der Waals surface area contributed by atoms with E-state index in [1.165, 1.54) is 0 Å². The lowest BCUT2D eigenvalue weighted by Crippen LogP contribution is -2.06. The molecular formula is C12H8BrNO4. The Kier molecular flexibility index (Phi) is 3.04. The molecule has 0 fully saturated rings. The summed E-state index contributed by atoms with van der Waals surface area (Å²) in [6.45, 7) is 1.82. The summed E-state index contributed by atoms with van der Waals surface area (Å²) in [6.07, 6.45) is 0. The van der Waals surface area contributed by atoms with Crippen molar-refractivity contribution in [2.75, 3.05) is 0 Å². The number of aromatic nitrogens is 1. The number of rotatable bonds is 2. The molecule has 0 aliphatic rings. The van der Waals surface area contributed by atoms with E-state index in [0.717, 1.165) is 16.1 Å². The number of carboxylic acids is 2. The molecule has 0 radical (unpaired) electrons. The first-order valence-electron chi connectivity index (χ1n) is 4.97. The van der Waals surface area contributed by atoms with Gasteiger partial charge in [-0.05, 0) is 30.7 Å². The second-order valence-corrected chi connectivity index (χ2v) is 4.64. The number of hydrogen-bond acceptors (Lipinski definition) is 3. The number of carboxylic acid groups (broad SMARTS) is 2. The van der Waals surface area contributed by atoms with E-state index in [4.69, 9.17) is 10.2 Å². The minimum atomic E-state index is -1.25. The average molecular weight is 310 g/mol. The maximum atomic E-state index is 11.1. The van der Waals surface area contributed by atoms with Crippen LogP contribution < -0.4 is 0 Å². The topological polar surface area (TPSA) is 87.5 Å². The summed E-state index contributed by atoms with van der Waals surface area (Å²) in [5, 5.41) is 18.4. The second kappa shape index (κ2) is 4.38. The predicted molar refractivity (Wildman–Crippen MR) is 68.1 cm³/mol. The zero-order valence-electron chi connectivity index (χ0n) is 9.27. The molecule has 0 amide bonds. The van der Waals surface area contributed by atoms with Crippen LogP contribution in [0.5, 0.6) is 0 Å². The molecule has 92 valence electrons. The molecule has 6 heteroatoms. The van der Waals surface area contributed by atoms with Crippen LogP contribution in [0.25, 0.3) is 10.9 Å². The Morgan fingerprint density at radius 1 is 1.17 bits per heavy atom. The minimum Gasteiger partial charge on any atom is -0.478 e. The van der Waals surface area contributed by atoms with Gasteiger partial charge in [0.1, 0.15) is 5.69 Å². The first-order chi connectivity index (χ1) is 8.40. The molecule has 2 aromatic rings. The summed E-state index contributed by atoms with van der Waals surface area (Å²) in [7, 11) is 0. The van der Waals surface area contributed by atoms with E-state index in [-0.39, 0.29) is 11.3 Å². The van der Waals surface area contributed by atoms with Gasteiger partial charge in [-0.1, -0.05) is 15.9 Å². The molecule has 0 aliphatic heterocycles.